The molecule has 0 amide bonds. The number of aliphatic hydroxyl groups excluding tert-OH is 1. The van der Waals surface area contributed by atoms with Gasteiger partial charge in [0.1, 0.15) is 6.10 Å². The van der Waals surface area contributed by atoms with E-state index in [1.54, 1.807) is 17.0 Å². The molecule has 2 N–H and O–H groups in total. The summed E-state index contributed by atoms with van der Waals surface area (Å²) in [5.41, 5.74) is 0.596. The van der Waals surface area contributed by atoms with Crippen LogP contribution in [0, 0.1) is 0 Å². The fraction of sp³-hybridized carbons (Fsp3) is 0.562. The van der Waals surface area contributed by atoms with Crippen LogP contribution in [0.25, 0.3) is 0 Å². The average Bonchev–Trinajstić information content (AvgIpc) is 2.69. The summed E-state index contributed by atoms with van der Waals surface area (Å²) in [6.45, 7) is 0. The summed E-state index contributed by atoms with van der Waals surface area (Å²) in [4.78, 5) is 13.6. The van der Waals surface area contributed by atoms with E-state index in [1.807, 2.05) is 18.2 Å². The normalized spacial score (nSPS) is 33.7. The van der Waals surface area contributed by atoms with Crippen LogP contribution in [0.3, 0.4) is 0 Å². The van der Waals surface area contributed by atoms with Crippen molar-refractivity contribution in [2.45, 2.75) is 50.0 Å². The number of ether oxygens (including phenoxy) is 1. The van der Waals surface area contributed by atoms with Crippen LogP contribution >= 0.6 is 0 Å². The second-order valence-corrected chi connectivity index (χ2v) is 6.06. The highest BCUT2D eigenvalue weighted by molar-refractivity contribution is 5.76. The first-order chi connectivity index (χ1) is 9.65. The highest BCUT2D eigenvalue weighted by Crippen LogP contribution is 2.26. The predicted molar refractivity (Wildman–Crippen MR) is 74.2 cm³/mol. The van der Waals surface area contributed by atoms with Gasteiger partial charge >= 0.3 is 5.97 Å². The van der Waals surface area contributed by atoms with Crippen molar-refractivity contribution in [1.29, 1.82) is 0 Å². The summed E-state index contributed by atoms with van der Waals surface area (Å²) in [7, 11) is 2.24. The van der Waals surface area contributed by atoms with E-state index in [-0.39, 0.29) is 6.10 Å². The molecule has 0 aromatic heterocycles. The van der Waals surface area contributed by atoms with Crippen LogP contribution in [-0.2, 0) is 9.53 Å². The minimum absolute atomic E-state index is 0.0259. The molecule has 4 heteroatoms. The monoisotopic (exact) mass is 276 g/mol. The van der Waals surface area contributed by atoms with E-state index >= 15 is 0 Å². The Hall–Kier alpha value is -1.39. The summed E-state index contributed by atoms with van der Waals surface area (Å²) in [5, 5.41) is 10.0. The van der Waals surface area contributed by atoms with E-state index in [9.17, 15) is 9.90 Å². The quantitative estimate of drug-likeness (QED) is 0.789. The van der Waals surface area contributed by atoms with Gasteiger partial charge in [0.15, 0.2) is 6.10 Å². The van der Waals surface area contributed by atoms with E-state index in [0.717, 1.165) is 12.8 Å². The first-order valence-electron chi connectivity index (χ1n) is 7.42. The van der Waals surface area contributed by atoms with Gasteiger partial charge in [-0.1, -0.05) is 30.3 Å². The van der Waals surface area contributed by atoms with Gasteiger partial charge in [0.05, 0.1) is 19.1 Å². The third kappa shape index (κ3) is 2.58. The van der Waals surface area contributed by atoms with Crippen LogP contribution in [0.15, 0.2) is 30.3 Å². The molecule has 0 saturated carbocycles. The summed E-state index contributed by atoms with van der Waals surface area (Å²) >= 11 is 0. The molecule has 0 radical (unpaired) electrons. The van der Waals surface area contributed by atoms with Crippen LogP contribution in [0.5, 0.6) is 0 Å². The Balaban J connectivity index is 1.60. The number of hydrogen-bond acceptors (Lipinski definition) is 3. The van der Waals surface area contributed by atoms with E-state index in [4.69, 9.17) is 4.74 Å². The maximum absolute atomic E-state index is 12.0. The topological polar surface area (TPSA) is 51.0 Å². The molecule has 3 rings (SSSR count). The number of aliphatic hydroxyl groups is 1. The van der Waals surface area contributed by atoms with Gasteiger partial charge in [-0.05, 0) is 5.56 Å². The van der Waals surface area contributed by atoms with Gasteiger partial charge in [-0.3, -0.25) is 0 Å². The van der Waals surface area contributed by atoms with Crippen molar-refractivity contribution in [2.75, 3.05) is 7.05 Å². The minimum Gasteiger partial charge on any atom is -0.460 e. The predicted octanol–water partition coefficient (Wildman–Crippen LogP) is 0.471. The van der Waals surface area contributed by atoms with Crippen LogP contribution < -0.4 is 4.90 Å². The van der Waals surface area contributed by atoms with Gasteiger partial charge in [-0.25, -0.2) is 4.79 Å². The van der Waals surface area contributed by atoms with Crippen molar-refractivity contribution in [3.8, 4) is 0 Å². The number of piperidine rings is 1. The lowest BCUT2D eigenvalue weighted by atomic mass is 10.0. The van der Waals surface area contributed by atoms with Gasteiger partial charge in [0, 0.05) is 25.7 Å². The number of carbonyl (C=O) groups excluding carboxylic acids is 1. The largest absolute Gasteiger partial charge is 0.460 e. The van der Waals surface area contributed by atoms with Gasteiger partial charge in [-0.15, -0.1) is 0 Å². The number of hydrogen-bond donors (Lipinski definition) is 2. The molecule has 2 heterocycles. The number of fused-ring (bicyclic) bond motifs is 2. The summed E-state index contributed by atoms with van der Waals surface area (Å²) in [5.74, 6) is -0.514. The fourth-order valence-corrected chi connectivity index (χ4v) is 3.63. The Labute approximate surface area is 119 Å². The number of rotatable bonds is 3. The number of carbonyl (C=O) groups is 1. The zero-order chi connectivity index (χ0) is 14.1. The van der Waals surface area contributed by atoms with Crippen molar-refractivity contribution in [2.24, 2.45) is 0 Å². The lowest BCUT2D eigenvalue weighted by molar-refractivity contribution is -0.923. The van der Waals surface area contributed by atoms with Gasteiger partial charge in [-0.2, -0.15) is 0 Å². The second-order valence-electron chi connectivity index (χ2n) is 6.06. The highest BCUT2D eigenvalue weighted by atomic mass is 16.6. The molecule has 2 fully saturated rings. The second kappa shape index (κ2) is 5.54. The first kappa shape index (κ1) is 13.6. The number of nitrogens with one attached hydrogen (secondary N) is 1. The Morgan fingerprint density at radius 3 is 2.45 bits per heavy atom. The van der Waals surface area contributed by atoms with Gasteiger partial charge in [0.2, 0.25) is 0 Å². The third-order valence-corrected chi connectivity index (χ3v) is 4.87. The molecule has 0 aliphatic carbocycles. The lowest BCUT2D eigenvalue weighted by Crippen LogP contribution is -3.15. The average molecular weight is 276 g/mol. The summed E-state index contributed by atoms with van der Waals surface area (Å²) in [6.07, 6.45) is 3.12. The van der Waals surface area contributed by atoms with Crippen molar-refractivity contribution in [1.82, 2.24) is 0 Å². The smallest absolute Gasteiger partial charge is 0.339 e. The molecule has 20 heavy (non-hydrogen) atoms. The number of benzene rings is 1. The molecule has 1 aromatic rings. The van der Waals surface area contributed by atoms with Gasteiger partial charge in [0.25, 0.3) is 0 Å². The maximum atomic E-state index is 12.0. The molecule has 0 spiro atoms. The van der Waals surface area contributed by atoms with Crippen molar-refractivity contribution < 1.29 is 19.5 Å². The number of esters is 1. The SMILES string of the molecule is C[NH+]1[C@@H]2CC[C@H]1CC(OC(=O)C(O)c1ccccc1)C2. The maximum Gasteiger partial charge on any atom is 0.339 e. The van der Waals surface area contributed by atoms with E-state index in [2.05, 4.69) is 7.05 Å². The Bertz CT molecular complexity index is 462. The first-order valence-corrected chi connectivity index (χ1v) is 7.42. The van der Waals surface area contributed by atoms with Crippen LogP contribution in [0.2, 0.25) is 0 Å². The fourth-order valence-electron chi connectivity index (χ4n) is 3.63. The van der Waals surface area contributed by atoms with E-state index in [0.29, 0.717) is 17.6 Å². The molecule has 2 aliphatic rings. The molecular formula is C16H22NO3+. The minimum atomic E-state index is -1.17. The molecule has 2 aliphatic heterocycles. The molecule has 2 bridgehead atoms. The molecule has 2 saturated heterocycles. The highest BCUT2D eigenvalue weighted by Gasteiger charge is 2.44. The standard InChI is InChI=1S/C16H21NO3/c1-17-12-7-8-13(17)10-14(9-12)20-16(19)15(18)11-5-3-2-4-6-11/h2-6,12-15,18H,7-10H2,1H3/p+1/t12-,13+,14?,15?. The molecule has 4 nitrogen and oxygen atoms in total. The molecule has 1 aromatic carbocycles. The molecule has 108 valence electrons. The van der Waals surface area contributed by atoms with Crippen LogP contribution in [-0.4, -0.2) is 36.3 Å². The van der Waals surface area contributed by atoms with Crippen LogP contribution in [0.1, 0.15) is 37.4 Å². The van der Waals surface area contributed by atoms with E-state index < -0.39 is 12.1 Å². The molecule has 3 unspecified atom stereocenters. The van der Waals surface area contributed by atoms with Crippen molar-refractivity contribution in [3.05, 3.63) is 35.9 Å². The molecular weight excluding hydrogens is 254 g/mol. The Morgan fingerprint density at radius 1 is 1.25 bits per heavy atom. The zero-order valence-electron chi connectivity index (χ0n) is 11.8. The molecule has 5 atom stereocenters. The lowest BCUT2D eigenvalue weighted by Gasteiger charge is -2.33. The third-order valence-electron chi connectivity index (χ3n) is 4.87. The van der Waals surface area contributed by atoms with Crippen molar-refractivity contribution in [3.63, 3.8) is 0 Å². The van der Waals surface area contributed by atoms with Crippen LogP contribution in [0.4, 0.5) is 0 Å². The summed E-state index contributed by atoms with van der Waals surface area (Å²) in [6, 6.07) is 10.2. The van der Waals surface area contributed by atoms with E-state index in [1.165, 1.54) is 12.8 Å². The summed E-state index contributed by atoms with van der Waals surface area (Å²) < 4.78 is 5.53. The Morgan fingerprint density at radius 2 is 1.85 bits per heavy atom. The Kier molecular flexibility index (Phi) is 3.76. The van der Waals surface area contributed by atoms with Gasteiger partial charge < -0.3 is 14.7 Å². The number of quaternary nitrogens is 1. The van der Waals surface area contributed by atoms with Crippen molar-refractivity contribution >= 4 is 5.97 Å². The zero-order valence-corrected chi connectivity index (χ0v) is 11.8.